The third kappa shape index (κ3) is 3.36. The molecule has 0 saturated carbocycles. The predicted octanol–water partition coefficient (Wildman–Crippen LogP) is 4.31. The number of carbonyl (C=O) groups is 1. The van der Waals surface area contributed by atoms with Gasteiger partial charge in [-0.25, -0.2) is 0 Å². The standard InChI is InChI=1S/C22H21N3O3/c1-3-21(26)22-24-13-12-23-14-17(24)15-25(22)16-4-6-19(7-5-16)28-20-10-8-18(27-2)9-11-20/h4-15,22H,3H2,1-2H3/t22-/m1/s1. The molecule has 6 heteroatoms. The van der Waals surface area contributed by atoms with E-state index < -0.39 is 6.17 Å². The van der Waals surface area contributed by atoms with Crippen LogP contribution in [0.25, 0.3) is 0 Å². The van der Waals surface area contributed by atoms with E-state index in [0.717, 1.165) is 28.6 Å². The van der Waals surface area contributed by atoms with Crippen LogP contribution in [0.15, 0.2) is 77.8 Å². The number of nitrogens with zero attached hydrogens (tertiary/aromatic N) is 3. The summed E-state index contributed by atoms with van der Waals surface area (Å²) in [4.78, 5) is 20.7. The van der Waals surface area contributed by atoms with E-state index in [2.05, 4.69) is 4.99 Å². The second-order valence-corrected chi connectivity index (χ2v) is 6.41. The smallest absolute Gasteiger partial charge is 0.176 e. The Kier molecular flexibility index (Phi) is 4.85. The summed E-state index contributed by atoms with van der Waals surface area (Å²) in [5, 5.41) is 0. The number of allylic oxidation sites excluding steroid dienone is 1. The van der Waals surface area contributed by atoms with Gasteiger partial charge in [-0.1, -0.05) is 6.92 Å². The van der Waals surface area contributed by atoms with Crippen LogP contribution in [0.1, 0.15) is 13.3 Å². The van der Waals surface area contributed by atoms with Crippen LogP contribution in [-0.4, -0.2) is 30.2 Å². The Morgan fingerprint density at radius 2 is 1.64 bits per heavy atom. The lowest BCUT2D eigenvalue weighted by Gasteiger charge is -2.30. The van der Waals surface area contributed by atoms with Gasteiger partial charge in [0.25, 0.3) is 0 Å². The van der Waals surface area contributed by atoms with Gasteiger partial charge < -0.3 is 19.3 Å². The van der Waals surface area contributed by atoms with Crippen LogP contribution in [-0.2, 0) is 4.79 Å². The second kappa shape index (κ2) is 7.60. The second-order valence-electron chi connectivity index (χ2n) is 6.41. The SMILES string of the molecule is CCC(=O)[C@@H]1N2C=CN=CC2=CN1c1ccc(Oc2ccc(OC)cc2)cc1. The van der Waals surface area contributed by atoms with Gasteiger partial charge in [0, 0.05) is 30.7 Å². The highest BCUT2D eigenvalue weighted by molar-refractivity contribution is 5.92. The molecule has 6 nitrogen and oxygen atoms in total. The fourth-order valence-electron chi connectivity index (χ4n) is 3.23. The number of rotatable bonds is 6. The van der Waals surface area contributed by atoms with E-state index in [1.54, 1.807) is 19.5 Å². The van der Waals surface area contributed by atoms with E-state index in [0.29, 0.717) is 6.42 Å². The average Bonchev–Trinajstić information content (AvgIpc) is 3.14. The number of methoxy groups -OCH3 is 1. The first kappa shape index (κ1) is 17.9. The Morgan fingerprint density at radius 1 is 1.00 bits per heavy atom. The maximum absolute atomic E-state index is 12.6. The summed E-state index contributed by atoms with van der Waals surface area (Å²) in [7, 11) is 1.63. The number of Topliss-reactive ketones (excluding diaryl/α,β-unsaturated/α-hetero) is 1. The van der Waals surface area contributed by atoms with Crippen LogP contribution in [0.3, 0.4) is 0 Å². The van der Waals surface area contributed by atoms with E-state index in [-0.39, 0.29) is 5.78 Å². The van der Waals surface area contributed by atoms with Crippen molar-refractivity contribution in [1.82, 2.24) is 4.90 Å². The highest BCUT2D eigenvalue weighted by Gasteiger charge is 2.36. The van der Waals surface area contributed by atoms with Crippen molar-refractivity contribution in [3.05, 3.63) is 72.8 Å². The Labute approximate surface area is 164 Å². The molecule has 4 rings (SSSR count). The van der Waals surface area contributed by atoms with E-state index >= 15 is 0 Å². The first-order valence-corrected chi connectivity index (χ1v) is 9.12. The van der Waals surface area contributed by atoms with Gasteiger partial charge in [0.2, 0.25) is 0 Å². The van der Waals surface area contributed by atoms with Crippen molar-refractivity contribution in [2.45, 2.75) is 19.5 Å². The van der Waals surface area contributed by atoms with Gasteiger partial charge in [-0.3, -0.25) is 9.79 Å². The first-order valence-electron chi connectivity index (χ1n) is 9.12. The summed E-state index contributed by atoms with van der Waals surface area (Å²) in [6, 6.07) is 15.1. The number of ketones is 1. The molecule has 0 bridgehead atoms. The quantitative estimate of drug-likeness (QED) is 0.753. The molecule has 2 aromatic carbocycles. The summed E-state index contributed by atoms with van der Waals surface area (Å²) in [5.41, 5.74) is 1.81. The van der Waals surface area contributed by atoms with Gasteiger partial charge in [0.1, 0.15) is 17.2 Å². The lowest BCUT2D eigenvalue weighted by atomic mass is 10.2. The molecule has 142 valence electrons. The number of aliphatic imine (C=N–C) groups is 1. The highest BCUT2D eigenvalue weighted by Crippen LogP contribution is 2.32. The molecule has 0 amide bonds. The van der Waals surface area contributed by atoms with Gasteiger partial charge in [-0.05, 0) is 48.5 Å². The summed E-state index contributed by atoms with van der Waals surface area (Å²) in [5.74, 6) is 2.38. The number of benzene rings is 2. The van der Waals surface area contributed by atoms with Crippen molar-refractivity contribution in [3.8, 4) is 17.2 Å². The maximum Gasteiger partial charge on any atom is 0.176 e. The topological polar surface area (TPSA) is 54.4 Å². The van der Waals surface area contributed by atoms with Gasteiger partial charge >= 0.3 is 0 Å². The van der Waals surface area contributed by atoms with E-state index in [1.807, 2.05) is 77.7 Å². The molecular weight excluding hydrogens is 354 g/mol. The van der Waals surface area contributed by atoms with Crippen LogP contribution in [0.2, 0.25) is 0 Å². The largest absolute Gasteiger partial charge is 0.497 e. The molecular formula is C22H21N3O3. The minimum absolute atomic E-state index is 0.143. The summed E-state index contributed by atoms with van der Waals surface area (Å²) in [6.07, 6.45) is 7.31. The van der Waals surface area contributed by atoms with Crippen LogP contribution >= 0.6 is 0 Å². The molecule has 0 spiro atoms. The fraction of sp³-hybridized carbons (Fsp3) is 0.182. The zero-order valence-electron chi connectivity index (χ0n) is 15.8. The molecule has 0 saturated heterocycles. The monoisotopic (exact) mass is 375 g/mol. The molecule has 2 aliphatic rings. The molecule has 0 radical (unpaired) electrons. The average molecular weight is 375 g/mol. The Hall–Kier alpha value is -3.54. The fourth-order valence-corrected chi connectivity index (χ4v) is 3.23. The Morgan fingerprint density at radius 3 is 2.29 bits per heavy atom. The summed E-state index contributed by atoms with van der Waals surface area (Å²) < 4.78 is 11.0. The Balaban J connectivity index is 1.55. The van der Waals surface area contributed by atoms with E-state index in [1.165, 1.54) is 0 Å². The number of carbonyl (C=O) groups excluding carboxylic acids is 1. The third-order valence-corrected chi connectivity index (χ3v) is 4.68. The summed E-state index contributed by atoms with van der Waals surface area (Å²) in [6.45, 7) is 1.88. The molecule has 2 aliphatic heterocycles. The summed E-state index contributed by atoms with van der Waals surface area (Å²) >= 11 is 0. The van der Waals surface area contributed by atoms with Gasteiger partial charge in [0.05, 0.1) is 19.0 Å². The zero-order chi connectivity index (χ0) is 19.5. The third-order valence-electron chi connectivity index (χ3n) is 4.68. The molecule has 0 N–H and O–H groups in total. The van der Waals surface area contributed by atoms with Crippen molar-refractivity contribution in [2.75, 3.05) is 12.0 Å². The molecule has 28 heavy (non-hydrogen) atoms. The molecule has 0 aromatic heterocycles. The Bertz CT molecular complexity index is 946. The zero-order valence-corrected chi connectivity index (χ0v) is 15.8. The van der Waals surface area contributed by atoms with Crippen LogP contribution in [0, 0.1) is 0 Å². The highest BCUT2D eigenvalue weighted by atomic mass is 16.5. The predicted molar refractivity (Wildman–Crippen MR) is 109 cm³/mol. The first-order chi connectivity index (χ1) is 13.7. The molecule has 2 heterocycles. The number of fused-ring (bicyclic) bond motifs is 1. The molecule has 0 aliphatic carbocycles. The van der Waals surface area contributed by atoms with Gasteiger partial charge in [-0.15, -0.1) is 0 Å². The molecule has 2 aromatic rings. The van der Waals surface area contributed by atoms with Crippen molar-refractivity contribution in [1.29, 1.82) is 0 Å². The van der Waals surface area contributed by atoms with Gasteiger partial charge in [-0.2, -0.15) is 0 Å². The number of hydrogen-bond donors (Lipinski definition) is 0. The number of anilines is 1. The van der Waals surface area contributed by atoms with Crippen molar-refractivity contribution >= 4 is 17.7 Å². The van der Waals surface area contributed by atoms with Crippen LogP contribution in [0.5, 0.6) is 17.2 Å². The molecule has 0 fully saturated rings. The van der Waals surface area contributed by atoms with Crippen molar-refractivity contribution < 1.29 is 14.3 Å². The lowest BCUT2D eigenvalue weighted by molar-refractivity contribution is -0.122. The van der Waals surface area contributed by atoms with Gasteiger partial charge in [0.15, 0.2) is 11.9 Å². The lowest BCUT2D eigenvalue weighted by Crippen LogP contribution is -2.43. The number of hydrogen-bond acceptors (Lipinski definition) is 6. The molecule has 0 unspecified atom stereocenters. The van der Waals surface area contributed by atoms with E-state index in [9.17, 15) is 4.79 Å². The van der Waals surface area contributed by atoms with Crippen molar-refractivity contribution in [2.24, 2.45) is 4.99 Å². The maximum atomic E-state index is 12.6. The van der Waals surface area contributed by atoms with Crippen LogP contribution in [0.4, 0.5) is 5.69 Å². The minimum atomic E-state index is -0.392. The minimum Gasteiger partial charge on any atom is -0.497 e. The van der Waals surface area contributed by atoms with Crippen molar-refractivity contribution in [3.63, 3.8) is 0 Å². The number of ether oxygens (including phenoxy) is 2. The normalized spacial score (nSPS) is 17.4. The van der Waals surface area contributed by atoms with Crippen LogP contribution < -0.4 is 14.4 Å². The molecule has 1 atom stereocenters. The van der Waals surface area contributed by atoms with E-state index in [4.69, 9.17) is 9.47 Å².